The first-order valence-electron chi connectivity index (χ1n) is 7.49. The van der Waals surface area contributed by atoms with Gasteiger partial charge in [0.15, 0.2) is 0 Å². The molecule has 0 saturated heterocycles. The highest BCUT2D eigenvalue weighted by Crippen LogP contribution is 2.44. The molecule has 0 spiro atoms. The number of unbranched alkanes of at least 4 members (excludes halogenated alkanes) is 7. The number of hydrogen-bond donors (Lipinski definition) is 3. The zero-order chi connectivity index (χ0) is 16.3. The van der Waals surface area contributed by atoms with Crippen molar-refractivity contribution in [3.8, 4) is 0 Å². The predicted octanol–water partition coefficient (Wildman–Crippen LogP) is 2.85. The molecule has 0 radical (unpaired) electrons. The van der Waals surface area contributed by atoms with E-state index >= 15 is 0 Å². The zero-order valence-corrected chi connectivity index (χ0v) is 14.3. The molecule has 21 heavy (non-hydrogen) atoms. The maximum Gasteiger partial charge on any atom is 0.393 e. The van der Waals surface area contributed by atoms with Crippen LogP contribution in [0.15, 0.2) is 0 Å². The van der Waals surface area contributed by atoms with Crippen molar-refractivity contribution < 1.29 is 28.2 Å². The molecule has 0 bridgehead atoms. The minimum atomic E-state index is -4.40. The number of aliphatic carboxylic acids is 1. The summed E-state index contributed by atoms with van der Waals surface area (Å²) in [5.74, 6) is -2.36. The number of carbonyl (C=O) groups is 1. The van der Waals surface area contributed by atoms with E-state index in [0.717, 1.165) is 23.2 Å². The molecule has 0 aromatic rings. The standard InChI is InChI=1S/C13H26NO5PS/c1-2-3-4-5-6-7-8-9-10-12(20(17,18)19)14(21)11-13(15)16/h12H,2-11H2,1H3,(H2-,15,16,17,18,19)/p+1. The Morgan fingerprint density at radius 2 is 1.57 bits per heavy atom. The van der Waals surface area contributed by atoms with Crippen molar-refractivity contribution in [2.45, 2.75) is 70.5 Å². The molecule has 0 aliphatic heterocycles. The largest absolute Gasteiger partial charge is 0.477 e. The Kier molecular flexibility index (Phi) is 11.0. The molecule has 0 aromatic carbocycles. The molecule has 1 atom stereocenters. The molecule has 0 aliphatic rings. The van der Waals surface area contributed by atoms with Crippen LogP contribution in [0.1, 0.15) is 64.7 Å². The molecule has 0 fully saturated rings. The van der Waals surface area contributed by atoms with Gasteiger partial charge in [0.25, 0.3) is 24.8 Å². The molecule has 0 amide bonds. The lowest BCUT2D eigenvalue weighted by Crippen LogP contribution is -2.29. The number of nitrogens with zero attached hydrogens (tertiary/aromatic N) is 1. The van der Waals surface area contributed by atoms with Crippen LogP contribution in [0.3, 0.4) is 0 Å². The summed E-state index contributed by atoms with van der Waals surface area (Å²) in [5.41, 5.74) is 0. The van der Waals surface area contributed by atoms with Crippen molar-refractivity contribution in [1.82, 2.24) is 0 Å². The molecular formula is C13H27NO5PS+. The maximum absolute atomic E-state index is 11.4. The zero-order valence-electron chi connectivity index (χ0n) is 12.6. The van der Waals surface area contributed by atoms with Crippen LogP contribution in [0.4, 0.5) is 0 Å². The van der Waals surface area contributed by atoms with Gasteiger partial charge in [0.2, 0.25) is 0 Å². The highest BCUT2D eigenvalue weighted by Gasteiger charge is 2.39. The Hall–Kier alpha value is -0.360. The van der Waals surface area contributed by atoms with Crippen LogP contribution in [0, 0.1) is 0 Å². The van der Waals surface area contributed by atoms with E-state index < -0.39 is 25.9 Å². The lowest BCUT2D eigenvalue weighted by Gasteiger charge is -2.13. The second-order valence-corrected chi connectivity index (χ2v) is 7.55. The minimum Gasteiger partial charge on any atom is -0.477 e. The average molecular weight is 340 g/mol. The van der Waals surface area contributed by atoms with E-state index in [4.69, 9.17) is 17.5 Å². The normalized spacial score (nSPS) is 13.1. The van der Waals surface area contributed by atoms with E-state index in [-0.39, 0.29) is 6.42 Å². The van der Waals surface area contributed by atoms with Crippen molar-refractivity contribution >= 4 is 26.0 Å². The van der Waals surface area contributed by atoms with Gasteiger partial charge in [-0.3, -0.25) is 4.57 Å². The van der Waals surface area contributed by atoms with Gasteiger partial charge in [0.05, 0.1) is 0 Å². The number of hydrogen-bond acceptors (Lipinski definition) is 3. The Morgan fingerprint density at radius 3 is 2.00 bits per heavy atom. The van der Waals surface area contributed by atoms with Gasteiger partial charge in [-0.1, -0.05) is 51.9 Å². The van der Waals surface area contributed by atoms with Crippen molar-refractivity contribution in [2.24, 2.45) is 0 Å². The molecular weight excluding hydrogens is 313 g/mol. The summed E-state index contributed by atoms with van der Waals surface area (Å²) in [6.07, 6.45) is 8.83. The summed E-state index contributed by atoms with van der Waals surface area (Å²) in [5, 5.41) is 8.65. The summed E-state index contributed by atoms with van der Waals surface area (Å²) in [6, 6.07) is 0. The molecule has 0 aliphatic carbocycles. The van der Waals surface area contributed by atoms with Gasteiger partial charge in [0.1, 0.15) is 0 Å². The van der Waals surface area contributed by atoms with Crippen LogP contribution >= 0.6 is 7.60 Å². The molecule has 6 nitrogen and oxygen atoms in total. The molecule has 0 aromatic heterocycles. The molecule has 0 rings (SSSR count). The molecule has 3 N–H and O–H groups in total. The van der Waals surface area contributed by atoms with E-state index in [1.165, 1.54) is 25.7 Å². The van der Waals surface area contributed by atoms with Crippen LogP contribution in [0.5, 0.6) is 0 Å². The van der Waals surface area contributed by atoms with Crippen molar-refractivity contribution in [3.63, 3.8) is 0 Å². The van der Waals surface area contributed by atoms with E-state index in [2.05, 4.69) is 6.92 Å². The third-order valence-electron chi connectivity index (χ3n) is 3.33. The highest BCUT2D eigenvalue weighted by atomic mass is 32.1. The molecule has 0 heterocycles. The minimum absolute atomic E-state index is 0.232. The van der Waals surface area contributed by atoms with Crippen molar-refractivity contribution in [1.29, 1.82) is 0 Å². The second kappa shape index (κ2) is 11.2. The van der Waals surface area contributed by atoms with Crippen LogP contribution in [0.2, 0.25) is 0 Å². The van der Waals surface area contributed by atoms with Gasteiger partial charge in [0, 0.05) is 6.42 Å². The summed E-state index contributed by atoms with van der Waals surface area (Å²) >= 11 is 4.79. The fraction of sp³-hybridized carbons (Fsp3) is 0.923. The van der Waals surface area contributed by atoms with E-state index in [1.807, 2.05) is 0 Å². The van der Waals surface area contributed by atoms with Gasteiger partial charge < -0.3 is 14.9 Å². The van der Waals surface area contributed by atoms with E-state index in [0.29, 0.717) is 6.42 Å². The van der Waals surface area contributed by atoms with Crippen LogP contribution < -0.4 is 0 Å². The number of carboxylic acid groups (broad SMARTS) is 1. The lowest BCUT2D eigenvalue weighted by molar-refractivity contribution is -0.509. The average Bonchev–Trinajstić information content (AvgIpc) is 2.34. The Morgan fingerprint density at radius 1 is 1.10 bits per heavy atom. The molecule has 0 saturated carbocycles. The monoisotopic (exact) mass is 340 g/mol. The summed E-state index contributed by atoms with van der Waals surface area (Å²) < 4.78 is 12.2. The van der Waals surface area contributed by atoms with Crippen LogP contribution in [-0.2, 0) is 21.8 Å². The fourth-order valence-corrected chi connectivity index (χ4v) is 3.70. The van der Waals surface area contributed by atoms with Crippen molar-refractivity contribution in [2.75, 3.05) is 6.54 Å². The molecule has 1 unspecified atom stereocenters. The van der Waals surface area contributed by atoms with Gasteiger partial charge >= 0.3 is 13.6 Å². The first-order chi connectivity index (χ1) is 9.79. The Labute approximate surface area is 131 Å². The third kappa shape index (κ3) is 10.9. The van der Waals surface area contributed by atoms with Crippen LogP contribution in [0.25, 0.3) is 0 Å². The predicted molar refractivity (Wildman–Crippen MR) is 83.2 cm³/mol. The first kappa shape index (κ1) is 20.6. The smallest absolute Gasteiger partial charge is 0.393 e. The Bertz CT molecular complexity index is 372. The lowest BCUT2D eigenvalue weighted by atomic mass is 10.1. The Balaban J connectivity index is 4.01. The van der Waals surface area contributed by atoms with Gasteiger partial charge in [-0.25, -0.2) is 4.79 Å². The second-order valence-electron chi connectivity index (χ2n) is 5.30. The SMILES string of the molecule is CCCCCCCCCCC([N+](=S)CC(=O)O)P(=O)(O)O. The highest BCUT2D eigenvalue weighted by molar-refractivity contribution is 7.52. The summed E-state index contributed by atoms with van der Waals surface area (Å²) in [7, 11) is -4.40. The van der Waals surface area contributed by atoms with Gasteiger partial charge in [-0.05, 0) is 6.42 Å². The first-order valence-corrected chi connectivity index (χ1v) is 9.54. The number of rotatable bonds is 13. The topological polar surface area (TPSA) is 97.8 Å². The fourth-order valence-electron chi connectivity index (χ4n) is 2.18. The van der Waals surface area contributed by atoms with E-state index in [1.54, 1.807) is 0 Å². The third-order valence-corrected chi connectivity index (χ3v) is 5.18. The van der Waals surface area contributed by atoms with Crippen LogP contribution in [-0.4, -0.2) is 37.1 Å². The van der Waals surface area contributed by atoms with Gasteiger partial charge in [-0.2, -0.15) is 0 Å². The van der Waals surface area contributed by atoms with Gasteiger partial charge in [-0.15, -0.1) is 3.95 Å². The van der Waals surface area contributed by atoms with E-state index in [9.17, 15) is 19.1 Å². The summed E-state index contributed by atoms with van der Waals surface area (Å²) in [6.45, 7) is 1.63. The maximum atomic E-state index is 11.4. The number of carboxylic acids is 1. The van der Waals surface area contributed by atoms with Crippen molar-refractivity contribution in [3.05, 3.63) is 0 Å². The molecule has 124 valence electrons. The quantitative estimate of drug-likeness (QED) is 0.271. The summed E-state index contributed by atoms with van der Waals surface area (Å²) in [4.78, 5) is 29.1. The molecule has 8 heteroatoms.